The van der Waals surface area contributed by atoms with Gasteiger partial charge in [-0.25, -0.2) is 4.98 Å². The van der Waals surface area contributed by atoms with Gasteiger partial charge in [0.05, 0.1) is 12.8 Å². The monoisotopic (exact) mass is 273 g/mol. The first-order valence-electron chi connectivity index (χ1n) is 7.06. The molecule has 0 amide bonds. The summed E-state index contributed by atoms with van der Waals surface area (Å²) in [6.45, 7) is 6.04. The highest BCUT2D eigenvalue weighted by Gasteiger charge is 2.04. The van der Waals surface area contributed by atoms with Gasteiger partial charge in [0.1, 0.15) is 11.3 Å². The number of para-hydroxylation sites is 1. The number of aromatic nitrogens is 1. The number of ether oxygens (including phenoxy) is 1. The normalized spacial score (nSPS) is 11.2. The van der Waals surface area contributed by atoms with Crippen LogP contribution in [0.3, 0.4) is 0 Å². The first-order valence-corrected chi connectivity index (χ1v) is 7.06. The van der Waals surface area contributed by atoms with Crippen LogP contribution in [0.25, 0.3) is 10.9 Å². The summed E-state index contributed by atoms with van der Waals surface area (Å²) in [5.41, 5.74) is 1.97. The molecule has 1 aromatic carbocycles. The van der Waals surface area contributed by atoms with Crippen molar-refractivity contribution in [2.45, 2.75) is 13.5 Å². The van der Waals surface area contributed by atoms with E-state index in [1.54, 1.807) is 7.11 Å². The number of nitrogens with one attached hydrogen (secondary N) is 1. The second-order valence-corrected chi connectivity index (χ2v) is 4.91. The number of benzene rings is 1. The third-order valence-corrected chi connectivity index (χ3v) is 3.48. The Hall–Kier alpha value is -1.65. The lowest BCUT2D eigenvalue weighted by atomic mass is 10.2. The summed E-state index contributed by atoms with van der Waals surface area (Å²) in [4.78, 5) is 6.96. The Balaban J connectivity index is 2.00. The van der Waals surface area contributed by atoms with Gasteiger partial charge in [-0.3, -0.25) is 0 Å². The summed E-state index contributed by atoms with van der Waals surface area (Å²) in [6.07, 6.45) is 0. The van der Waals surface area contributed by atoms with Gasteiger partial charge in [-0.15, -0.1) is 0 Å². The number of fused-ring (bicyclic) bond motifs is 1. The van der Waals surface area contributed by atoms with Crippen molar-refractivity contribution in [1.82, 2.24) is 15.2 Å². The largest absolute Gasteiger partial charge is 0.494 e. The molecule has 0 aliphatic rings. The third kappa shape index (κ3) is 3.68. The number of rotatable bonds is 7. The smallest absolute Gasteiger partial charge is 0.145 e. The number of likely N-dealkylation sites (N-methyl/N-ethyl adjacent to an activating group) is 1. The SMILES string of the molecule is CCN(C)CCNCc1ccc2cccc(OC)c2n1. The molecule has 0 radical (unpaired) electrons. The van der Waals surface area contributed by atoms with Crippen molar-refractivity contribution < 1.29 is 4.74 Å². The maximum absolute atomic E-state index is 5.36. The molecule has 0 bridgehead atoms. The molecule has 2 rings (SSSR count). The van der Waals surface area contributed by atoms with E-state index < -0.39 is 0 Å². The van der Waals surface area contributed by atoms with Gasteiger partial charge in [-0.1, -0.05) is 25.1 Å². The van der Waals surface area contributed by atoms with Gasteiger partial charge in [0, 0.05) is 25.0 Å². The quantitative estimate of drug-likeness (QED) is 0.785. The van der Waals surface area contributed by atoms with Gasteiger partial charge in [0.15, 0.2) is 0 Å². The molecule has 0 saturated heterocycles. The van der Waals surface area contributed by atoms with E-state index in [0.29, 0.717) is 0 Å². The van der Waals surface area contributed by atoms with Gasteiger partial charge in [0.2, 0.25) is 0 Å². The van der Waals surface area contributed by atoms with E-state index in [1.165, 1.54) is 0 Å². The molecule has 1 aromatic heterocycles. The van der Waals surface area contributed by atoms with Crippen LogP contribution in [0.5, 0.6) is 5.75 Å². The van der Waals surface area contributed by atoms with Crippen molar-refractivity contribution in [3.63, 3.8) is 0 Å². The van der Waals surface area contributed by atoms with Gasteiger partial charge < -0.3 is 15.0 Å². The number of methoxy groups -OCH3 is 1. The zero-order chi connectivity index (χ0) is 14.4. The predicted molar refractivity (Wildman–Crippen MR) is 83.2 cm³/mol. The van der Waals surface area contributed by atoms with Crippen LogP contribution in [-0.2, 0) is 6.54 Å². The minimum absolute atomic E-state index is 0.783. The number of hydrogen-bond acceptors (Lipinski definition) is 4. The molecule has 0 saturated carbocycles. The number of hydrogen-bond donors (Lipinski definition) is 1. The highest BCUT2D eigenvalue weighted by atomic mass is 16.5. The summed E-state index contributed by atoms with van der Waals surface area (Å²) < 4.78 is 5.36. The average molecular weight is 273 g/mol. The molecule has 20 heavy (non-hydrogen) atoms. The Morgan fingerprint density at radius 1 is 1.25 bits per heavy atom. The fourth-order valence-corrected chi connectivity index (χ4v) is 2.07. The van der Waals surface area contributed by atoms with Crippen molar-refractivity contribution in [1.29, 1.82) is 0 Å². The molecule has 1 N–H and O–H groups in total. The molecule has 0 aliphatic heterocycles. The molecule has 0 aliphatic carbocycles. The molecular weight excluding hydrogens is 250 g/mol. The van der Waals surface area contributed by atoms with Crippen LogP contribution in [0.15, 0.2) is 30.3 Å². The van der Waals surface area contributed by atoms with Crippen LogP contribution >= 0.6 is 0 Å². The second kappa shape index (κ2) is 7.22. The standard InChI is InChI=1S/C16H23N3O/c1-4-19(2)11-10-17-12-14-9-8-13-6-5-7-15(20-3)16(13)18-14/h5-9,17H,4,10-12H2,1-3H3. The molecule has 4 heteroatoms. The van der Waals surface area contributed by atoms with Crippen LogP contribution in [0.2, 0.25) is 0 Å². The Bertz CT molecular complexity index is 556. The summed E-state index contributed by atoms with van der Waals surface area (Å²) in [5.74, 6) is 0.829. The summed E-state index contributed by atoms with van der Waals surface area (Å²) in [5, 5.41) is 4.53. The van der Waals surface area contributed by atoms with E-state index in [9.17, 15) is 0 Å². The Morgan fingerprint density at radius 3 is 2.85 bits per heavy atom. The highest BCUT2D eigenvalue weighted by Crippen LogP contribution is 2.23. The lowest BCUT2D eigenvalue weighted by Crippen LogP contribution is -2.28. The molecule has 1 heterocycles. The van der Waals surface area contributed by atoms with Crippen LogP contribution in [-0.4, -0.2) is 43.7 Å². The van der Waals surface area contributed by atoms with E-state index in [-0.39, 0.29) is 0 Å². The molecule has 0 fully saturated rings. The van der Waals surface area contributed by atoms with Crippen molar-refractivity contribution in [3.8, 4) is 5.75 Å². The Labute approximate surface area is 120 Å². The average Bonchev–Trinajstić information content (AvgIpc) is 2.50. The van der Waals surface area contributed by atoms with Crippen molar-refractivity contribution in [3.05, 3.63) is 36.0 Å². The first-order chi connectivity index (χ1) is 9.74. The van der Waals surface area contributed by atoms with Crippen LogP contribution in [0, 0.1) is 0 Å². The van der Waals surface area contributed by atoms with Gasteiger partial charge in [0.25, 0.3) is 0 Å². The van der Waals surface area contributed by atoms with Crippen molar-refractivity contribution in [2.75, 3.05) is 33.8 Å². The fraction of sp³-hybridized carbons (Fsp3) is 0.438. The maximum atomic E-state index is 5.36. The van der Waals surface area contributed by atoms with E-state index in [2.05, 4.69) is 47.4 Å². The van der Waals surface area contributed by atoms with E-state index >= 15 is 0 Å². The molecule has 4 nitrogen and oxygen atoms in total. The molecule has 0 atom stereocenters. The lowest BCUT2D eigenvalue weighted by molar-refractivity contribution is 0.348. The lowest BCUT2D eigenvalue weighted by Gasteiger charge is -2.14. The van der Waals surface area contributed by atoms with Crippen LogP contribution in [0.1, 0.15) is 12.6 Å². The number of nitrogens with zero attached hydrogens (tertiary/aromatic N) is 2. The van der Waals surface area contributed by atoms with E-state index in [0.717, 1.165) is 48.5 Å². The first kappa shape index (κ1) is 14.8. The zero-order valence-electron chi connectivity index (χ0n) is 12.5. The molecule has 0 spiro atoms. The Kier molecular flexibility index (Phi) is 5.32. The van der Waals surface area contributed by atoms with E-state index in [4.69, 9.17) is 4.74 Å². The molecular formula is C16H23N3O. The minimum atomic E-state index is 0.783. The van der Waals surface area contributed by atoms with Crippen molar-refractivity contribution >= 4 is 10.9 Å². The molecule has 2 aromatic rings. The number of pyridine rings is 1. The second-order valence-electron chi connectivity index (χ2n) is 4.91. The van der Waals surface area contributed by atoms with Crippen molar-refractivity contribution in [2.24, 2.45) is 0 Å². The maximum Gasteiger partial charge on any atom is 0.145 e. The minimum Gasteiger partial charge on any atom is -0.494 e. The van der Waals surface area contributed by atoms with Gasteiger partial charge in [-0.2, -0.15) is 0 Å². The zero-order valence-corrected chi connectivity index (χ0v) is 12.5. The van der Waals surface area contributed by atoms with Gasteiger partial charge >= 0.3 is 0 Å². The third-order valence-electron chi connectivity index (χ3n) is 3.48. The highest BCUT2D eigenvalue weighted by molar-refractivity contribution is 5.84. The molecule has 108 valence electrons. The van der Waals surface area contributed by atoms with E-state index in [1.807, 2.05) is 12.1 Å². The summed E-state index contributed by atoms with van der Waals surface area (Å²) >= 11 is 0. The topological polar surface area (TPSA) is 37.4 Å². The summed E-state index contributed by atoms with van der Waals surface area (Å²) in [7, 11) is 3.81. The fourth-order valence-electron chi connectivity index (χ4n) is 2.07. The Morgan fingerprint density at radius 2 is 2.10 bits per heavy atom. The van der Waals surface area contributed by atoms with Crippen LogP contribution < -0.4 is 10.1 Å². The predicted octanol–water partition coefficient (Wildman–Crippen LogP) is 2.28. The molecule has 0 unspecified atom stereocenters. The van der Waals surface area contributed by atoms with Crippen LogP contribution in [0.4, 0.5) is 0 Å². The summed E-state index contributed by atoms with van der Waals surface area (Å²) in [6, 6.07) is 10.2. The van der Waals surface area contributed by atoms with Gasteiger partial charge in [-0.05, 0) is 25.7 Å².